The van der Waals surface area contributed by atoms with Crippen molar-refractivity contribution in [2.45, 2.75) is 45.2 Å². The van der Waals surface area contributed by atoms with E-state index >= 15 is 0 Å². The van der Waals surface area contributed by atoms with Gasteiger partial charge in [0.1, 0.15) is 12.1 Å². The van der Waals surface area contributed by atoms with Crippen LogP contribution in [0.15, 0.2) is 35.7 Å². The molecule has 140 valence electrons. The maximum atomic E-state index is 11.6. The van der Waals surface area contributed by atoms with Gasteiger partial charge in [-0.2, -0.15) is 0 Å². The number of carbonyl (C=O) groups is 2. The molecule has 1 heterocycles. The number of aromatic nitrogens is 1. The molecule has 2 rings (SSSR count). The molecule has 7 heteroatoms. The molecule has 0 saturated carbocycles. The van der Waals surface area contributed by atoms with Crippen molar-refractivity contribution in [3.63, 3.8) is 0 Å². The highest BCUT2D eigenvalue weighted by molar-refractivity contribution is 7.09. The Kier molecular flexibility index (Phi) is 7.29. The van der Waals surface area contributed by atoms with E-state index in [9.17, 15) is 19.8 Å². The zero-order chi connectivity index (χ0) is 19.1. The topological polar surface area (TPSA) is 99.5 Å². The highest BCUT2D eigenvalue weighted by atomic mass is 32.1. The number of rotatable bonds is 10. The molecule has 2 aromatic rings. The second-order valence-corrected chi connectivity index (χ2v) is 7.62. The van der Waals surface area contributed by atoms with Crippen molar-refractivity contribution in [1.82, 2.24) is 10.3 Å². The van der Waals surface area contributed by atoms with Crippen molar-refractivity contribution in [3.8, 4) is 0 Å². The summed E-state index contributed by atoms with van der Waals surface area (Å²) in [7, 11) is 0. The molecule has 0 fully saturated rings. The van der Waals surface area contributed by atoms with E-state index in [4.69, 9.17) is 0 Å². The first-order valence-corrected chi connectivity index (χ1v) is 9.42. The molecule has 0 amide bonds. The third-order valence-corrected chi connectivity index (χ3v) is 4.83. The second-order valence-electron chi connectivity index (χ2n) is 6.68. The SMILES string of the molecule is CC(C)C[C@H](N[C@@H](Cc1nc(Cc2ccccc2)cs1)C(=O)O)C(=O)O. The van der Waals surface area contributed by atoms with Crippen molar-refractivity contribution >= 4 is 23.3 Å². The van der Waals surface area contributed by atoms with Gasteiger partial charge < -0.3 is 10.2 Å². The van der Waals surface area contributed by atoms with Crippen LogP contribution in [0.3, 0.4) is 0 Å². The molecular formula is C19H24N2O4S. The lowest BCUT2D eigenvalue weighted by molar-refractivity contribution is -0.142. The Balaban J connectivity index is 2.03. The number of carboxylic acid groups (broad SMARTS) is 2. The molecule has 1 aromatic carbocycles. The van der Waals surface area contributed by atoms with Crippen LogP contribution in [0.2, 0.25) is 0 Å². The largest absolute Gasteiger partial charge is 0.480 e. The normalized spacial score (nSPS) is 13.5. The predicted octanol–water partition coefficient (Wildman–Crippen LogP) is 2.82. The van der Waals surface area contributed by atoms with Crippen molar-refractivity contribution in [3.05, 3.63) is 52.0 Å². The minimum atomic E-state index is -1.07. The summed E-state index contributed by atoms with van der Waals surface area (Å²) in [6, 6.07) is 8.05. The molecule has 2 atom stereocenters. The van der Waals surface area contributed by atoms with Gasteiger partial charge in [0.05, 0.1) is 10.7 Å². The number of carboxylic acids is 2. The van der Waals surface area contributed by atoms with Crippen LogP contribution in [0.1, 0.15) is 36.5 Å². The van der Waals surface area contributed by atoms with Gasteiger partial charge in [0.25, 0.3) is 0 Å². The van der Waals surface area contributed by atoms with Gasteiger partial charge in [-0.1, -0.05) is 44.2 Å². The van der Waals surface area contributed by atoms with Gasteiger partial charge in [0.2, 0.25) is 0 Å². The van der Waals surface area contributed by atoms with E-state index in [0.717, 1.165) is 11.3 Å². The molecule has 0 aliphatic rings. The van der Waals surface area contributed by atoms with E-state index in [0.29, 0.717) is 17.8 Å². The van der Waals surface area contributed by atoms with Crippen molar-refractivity contribution in [2.24, 2.45) is 5.92 Å². The average Bonchev–Trinajstić information content (AvgIpc) is 3.00. The Hall–Kier alpha value is -2.25. The molecule has 0 bridgehead atoms. The van der Waals surface area contributed by atoms with E-state index in [1.54, 1.807) is 0 Å². The fraction of sp³-hybridized carbons (Fsp3) is 0.421. The van der Waals surface area contributed by atoms with Crippen molar-refractivity contribution < 1.29 is 19.8 Å². The quantitative estimate of drug-likeness (QED) is 0.590. The molecule has 0 aliphatic carbocycles. The summed E-state index contributed by atoms with van der Waals surface area (Å²) < 4.78 is 0. The molecule has 6 nitrogen and oxygen atoms in total. The van der Waals surface area contributed by atoms with Crippen LogP contribution >= 0.6 is 11.3 Å². The minimum absolute atomic E-state index is 0.149. The van der Waals surface area contributed by atoms with Crippen LogP contribution in [0, 0.1) is 5.92 Å². The number of hydrogen-bond donors (Lipinski definition) is 3. The van der Waals surface area contributed by atoms with Gasteiger partial charge >= 0.3 is 11.9 Å². The van der Waals surface area contributed by atoms with E-state index < -0.39 is 24.0 Å². The zero-order valence-corrected chi connectivity index (χ0v) is 15.7. The van der Waals surface area contributed by atoms with E-state index in [1.165, 1.54) is 11.3 Å². The smallest absolute Gasteiger partial charge is 0.321 e. The van der Waals surface area contributed by atoms with Crippen molar-refractivity contribution in [2.75, 3.05) is 0 Å². The summed E-state index contributed by atoms with van der Waals surface area (Å²) >= 11 is 1.40. The summed E-state index contributed by atoms with van der Waals surface area (Å²) in [5.41, 5.74) is 2.03. The van der Waals surface area contributed by atoms with Gasteiger partial charge in [0, 0.05) is 18.2 Å². The van der Waals surface area contributed by atoms with Crippen LogP contribution in [-0.2, 0) is 22.4 Å². The average molecular weight is 376 g/mol. The lowest BCUT2D eigenvalue weighted by Gasteiger charge is -2.21. The number of nitrogens with one attached hydrogen (secondary N) is 1. The minimum Gasteiger partial charge on any atom is -0.480 e. The van der Waals surface area contributed by atoms with E-state index in [2.05, 4.69) is 10.3 Å². The predicted molar refractivity (Wildman–Crippen MR) is 101 cm³/mol. The molecule has 0 aliphatic heterocycles. The first kappa shape index (κ1) is 20.1. The molecule has 1 aromatic heterocycles. The molecular weight excluding hydrogens is 352 g/mol. The van der Waals surface area contributed by atoms with Gasteiger partial charge in [-0.05, 0) is 17.9 Å². The molecule has 0 spiro atoms. The van der Waals surface area contributed by atoms with Crippen LogP contribution in [0.25, 0.3) is 0 Å². The maximum absolute atomic E-state index is 11.6. The maximum Gasteiger partial charge on any atom is 0.321 e. The highest BCUT2D eigenvalue weighted by Gasteiger charge is 2.27. The van der Waals surface area contributed by atoms with Crippen LogP contribution in [-0.4, -0.2) is 39.2 Å². The third-order valence-electron chi connectivity index (χ3n) is 3.91. The summed E-state index contributed by atoms with van der Waals surface area (Å²) in [5, 5.41) is 24.1. The lowest BCUT2D eigenvalue weighted by Crippen LogP contribution is -2.48. The summed E-state index contributed by atoms with van der Waals surface area (Å²) in [6.07, 6.45) is 1.22. The Morgan fingerprint density at radius 3 is 2.35 bits per heavy atom. The van der Waals surface area contributed by atoms with Crippen molar-refractivity contribution in [1.29, 1.82) is 0 Å². The van der Waals surface area contributed by atoms with Crippen LogP contribution in [0.4, 0.5) is 0 Å². The Morgan fingerprint density at radius 2 is 1.77 bits per heavy atom. The molecule has 3 N–H and O–H groups in total. The second kappa shape index (κ2) is 9.45. The summed E-state index contributed by atoms with van der Waals surface area (Å²) in [6.45, 7) is 3.81. The zero-order valence-electron chi connectivity index (χ0n) is 14.9. The number of thiazole rings is 1. The molecule has 0 unspecified atom stereocenters. The molecule has 0 saturated heterocycles. The highest BCUT2D eigenvalue weighted by Crippen LogP contribution is 2.16. The number of benzene rings is 1. The monoisotopic (exact) mass is 376 g/mol. The lowest BCUT2D eigenvalue weighted by atomic mass is 10.0. The van der Waals surface area contributed by atoms with Gasteiger partial charge in [-0.3, -0.25) is 14.9 Å². The fourth-order valence-corrected chi connectivity index (χ4v) is 3.52. The summed E-state index contributed by atoms with van der Waals surface area (Å²) in [5.74, 6) is -1.95. The number of aliphatic carboxylic acids is 2. The summed E-state index contributed by atoms with van der Waals surface area (Å²) in [4.78, 5) is 27.5. The standard InChI is InChI=1S/C19H24N2O4S/c1-12(2)8-15(18(22)23)21-16(19(24)25)10-17-20-14(11-26-17)9-13-6-4-3-5-7-13/h3-7,11-12,15-16,21H,8-10H2,1-2H3,(H,22,23)(H,24,25)/t15-,16-/m0/s1. The van der Waals surface area contributed by atoms with Gasteiger partial charge in [0.15, 0.2) is 0 Å². The molecule has 26 heavy (non-hydrogen) atoms. The van der Waals surface area contributed by atoms with Gasteiger partial charge in [-0.25, -0.2) is 4.98 Å². The van der Waals surface area contributed by atoms with E-state index in [-0.39, 0.29) is 12.3 Å². The van der Waals surface area contributed by atoms with Crippen LogP contribution in [0.5, 0.6) is 0 Å². The molecule has 0 radical (unpaired) electrons. The van der Waals surface area contributed by atoms with Crippen LogP contribution < -0.4 is 5.32 Å². The van der Waals surface area contributed by atoms with Gasteiger partial charge in [-0.15, -0.1) is 11.3 Å². The number of nitrogens with zero attached hydrogens (tertiary/aromatic N) is 1. The first-order chi connectivity index (χ1) is 12.3. The third kappa shape index (κ3) is 6.24. The Morgan fingerprint density at radius 1 is 1.12 bits per heavy atom. The Labute approximate surface area is 156 Å². The van der Waals surface area contributed by atoms with E-state index in [1.807, 2.05) is 49.6 Å². The number of hydrogen-bond acceptors (Lipinski definition) is 5. The Bertz CT molecular complexity index is 730. The first-order valence-electron chi connectivity index (χ1n) is 8.54. The fourth-order valence-electron chi connectivity index (χ4n) is 2.68.